The van der Waals surface area contributed by atoms with Crippen LogP contribution in [0.25, 0.3) is 11.1 Å². The van der Waals surface area contributed by atoms with Crippen molar-refractivity contribution in [2.24, 2.45) is 0 Å². The first kappa shape index (κ1) is 18.5. The van der Waals surface area contributed by atoms with Crippen molar-refractivity contribution in [2.75, 3.05) is 24.9 Å². The molecule has 1 aromatic heterocycles. The van der Waals surface area contributed by atoms with Gasteiger partial charge in [0.15, 0.2) is 0 Å². The number of hydrogen-bond acceptors (Lipinski definition) is 5. The number of hydrogen-bond donors (Lipinski definition) is 2. The van der Waals surface area contributed by atoms with Crippen molar-refractivity contribution >= 4 is 23.3 Å². The Morgan fingerprint density at radius 3 is 2.48 bits per heavy atom. The monoisotopic (exact) mass is 392 g/mol. The first-order valence-corrected chi connectivity index (χ1v) is 9.05. The lowest BCUT2D eigenvalue weighted by atomic mass is 10.1. The van der Waals surface area contributed by atoms with Crippen molar-refractivity contribution in [3.05, 3.63) is 54.7 Å². The molecule has 0 saturated carbocycles. The van der Waals surface area contributed by atoms with E-state index >= 15 is 0 Å². The molecule has 8 nitrogen and oxygen atoms in total. The van der Waals surface area contributed by atoms with Gasteiger partial charge in [-0.25, -0.2) is 4.68 Å². The predicted octanol–water partition coefficient (Wildman–Crippen LogP) is 3.09. The molecule has 29 heavy (non-hydrogen) atoms. The van der Waals surface area contributed by atoms with Crippen LogP contribution in [0, 0.1) is 0 Å². The van der Waals surface area contributed by atoms with Crippen LogP contribution in [0.1, 0.15) is 12.5 Å². The van der Waals surface area contributed by atoms with Crippen LogP contribution in [0.5, 0.6) is 11.5 Å². The standard InChI is InChI=1S/C21H20N4O4/c1-28-15-8-14(9-16(10-15)29-2)23-21(27)18-11-19(26)24-20-17(12-22-25(18)20)13-6-4-3-5-7-13/h3-10,12,18H,11H2,1-2H3,(H,23,27)(H,24,26)/t18-/m0/s1. The fourth-order valence-corrected chi connectivity index (χ4v) is 3.31. The van der Waals surface area contributed by atoms with Crippen LogP contribution in [0.15, 0.2) is 54.7 Å². The minimum Gasteiger partial charge on any atom is -0.497 e. The van der Waals surface area contributed by atoms with Crippen LogP contribution < -0.4 is 20.1 Å². The fraction of sp³-hybridized carbons (Fsp3) is 0.190. The van der Waals surface area contributed by atoms with Gasteiger partial charge in [0.25, 0.3) is 0 Å². The second kappa shape index (κ2) is 7.67. The molecule has 0 spiro atoms. The van der Waals surface area contributed by atoms with E-state index in [2.05, 4.69) is 15.7 Å². The van der Waals surface area contributed by atoms with Crippen LogP contribution in [0.3, 0.4) is 0 Å². The second-order valence-corrected chi connectivity index (χ2v) is 6.58. The lowest BCUT2D eigenvalue weighted by Gasteiger charge is -2.24. The van der Waals surface area contributed by atoms with Crippen molar-refractivity contribution in [2.45, 2.75) is 12.5 Å². The van der Waals surface area contributed by atoms with Gasteiger partial charge in [0.1, 0.15) is 23.4 Å². The van der Waals surface area contributed by atoms with E-state index in [0.29, 0.717) is 23.0 Å². The van der Waals surface area contributed by atoms with Crippen molar-refractivity contribution in [3.63, 3.8) is 0 Å². The lowest BCUT2D eigenvalue weighted by Crippen LogP contribution is -2.35. The molecule has 0 radical (unpaired) electrons. The number of aromatic nitrogens is 2. The Kier molecular flexibility index (Phi) is 4.90. The van der Waals surface area contributed by atoms with Crippen LogP contribution in [0.2, 0.25) is 0 Å². The van der Waals surface area contributed by atoms with E-state index in [4.69, 9.17) is 9.47 Å². The number of benzene rings is 2. The molecule has 2 N–H and O–H groups in total. The molecule has 3 aromatic rings. The first-order valence-electron chi connectivity index (χ1n) is 9.05. The molecule has 0 saturated heterocycles. The summed E-state index contributed by atoms with van der Waals surface area (Å²) < 4.78 is 12.0. The quantitative estimate of drug-likeness (QED) is 0.696. The Morgan fingerprint density at radius 1 is 1.14 bits per heavy atom. The molecule has 2 aromatic carbocycles. The number of amides is 2. The zero-order chi connectivity index (χ0) is 20.4. The molecule has 1 atom stereocenters. The van der Waals surface area contributed by atoms with Crippen molar-refractivity contribution in [3.8, 4) is 22.6 Å². The summed E-state index contributed by atoms with van der Waals surface area (Å²) >= 11 is 0. The fourth-order valence-electron chi connectivity index (χ4n) is 3.31. The highest BCUT2D eigenvalue weighted by atomic mass is 16.5. The number of nitrogens with one attached hydrogen (secondary N) is 2. The third-order valence-corrected chi connectivity index (χ3v) is 4.73. The second-order valence-electron chi connectivity index (χ2n) is 6.58. The molecular formula is C21H20N4O4. The summed E-state index contributed by atoms with van der Waals surface area (Å²) in [6.07, 6.45) is 1.65. The topological polar surface area (TPSA) is 94.5 Å². The Balaban J connectivity index is 1.64. The van der Waals surface area contributed by atoms with Gasteiger partial charge in [-0.1, -0.05) is 30.3 Å². The highest BCUT2D eigenvalue weighted by Crippen LogP contribution is 2.34. The van der Waals surface area contributed by atoms with E-state index in [1.807, 2.05) is 30.3 Å². The largest absolute Gasteiger partial charge is 0.497 e. The molecule has 2 amide bonds. The molecule has 0 aliphatic carbocycles. The number of carbonyl (C=O) groups is 2. The molecule has 148 valence electrons. The minimum absolute atomic E-state index is 0.00412. The Morgan fingerprint density at radius 2 is 1.83 bits per heavy atom. The highest BCUT2D eigenvalue weighted by molar-refractivity contribution is 6.03. The molecule has 0 unspecified atom stereocenters. The van der Waals surface area contributed by atoms with Gasteiger partial charge in [-0.2, -0.15) is 5.10 Å². The van der Waals surface area contributed by atoms with Crippen LogP contribution >= 0.6 is 0 Å². The summed E-state index contributed by atoms with van der Waals surface area (Å²) in [5.74, 6) is 1.02. The number of ether oxygens (including phenoxy) is 2. The molecule has 0 bridgehead atoms. The average Bonchev–Trinajstić information content (AvgIpc) is 3.17. The van der Waals surface area contributed by atoms with Crippen molar-refractivity contribution < 1.29 is 19.1 Å². The zero-order valence-electron chi connectivity index (χ0n) is 16.0. The summed E-state index contributed by atoms with van der Waals surface area (Å²) in [6.45, 7) is 0. The van der Waals surface area contributed by atoms with E-state index in [1.54, 1.807) is 29.1 Å². The number of carbonyl (C=O) groups excluding carboxylic acids is 2. The maximum Gasteiger partial charge on any atom is 0.249 e. The maximum atomic E-state index is 13.0. The van der Waals surface area contributed by atoms with Gasteiger partial charge in [-0.3, -0.25) is 9.59 Å². The lowest BCUT2D eigenvalue weighted by molar-refractivity contribution is -0.125. The average molecular weight is 392 g/mol. The Labute approximate surface area is 167 Å². The van der Waals surface area contributed by atoms with E-state index in [0.717, 1.165) is 11.1 Å². The molecule has 4 rings (SSSR count). The minimum atomic E-state index is -0.770. The molecular weight excluding hydrogens is 372 g/mol. The number of methoxy groups -OCH3 is 2. The van der Waals surface area contributed by atoms with Gasteiger partial charge in [0.05, 0.1) is 26.8 Å². The molecule has 8 heteroatoms. The van der Waals surface area contributed by atoms with Gasteiger partial charge in [-0.15, -0.1) is 0 Å². The molecule has 2 heterocycles. The number of anilines is 2. The van der Waals surface area contributed by atoms with Gasteiger partial charge < -0.3 is 20.1 Å². The SMILES string of the molecule is COc1cc(NC(=O)[C@@H]2CC(=O)Nc3c(-c4ccccc4)cnn32)cc(OC)c1. The summed E-state index contributed by atoms with van der Waals surface area (Å²) in [6, 6.07) is 13.9. The zero-order valence-corrected chi connectivity index (χ0v) is 16.0. The summed E-state index contributed by atoms with van der Waals surface area (Å²) in [4.78, 5) is 25.3. The van der Waals surface area contributed by atoms with Crippen LogP contribution in [-0.2, 0) is 9.59 Å². The van der Waals surface area contributed by atoms with Gasteiger partial charge in [-0.05, 0) is 5.56 Å². The summed E-state index contributed by atoms with van der Waals surface area (Å²) in [7, 11) is 3.07. The van der Waals surface area contributed by atoms with Crippen molar-refractivity contribution in [1.29, 1.82) is 0 Å². The highest BCUT2D eigenvalue weighted by Gasteiger charge is 2.33. The summed E-state index contributed by atoms with van der Waals surface area (Å²) in [5.41, 5.74) is 2.18. The molecule has 0 fully saturated rings. The third kappa shape index (κ3) is 3.64. The predicted molar refractivity (Wildman–Crippen MR) is 108 cm³/mol. The smallest absolute Gasteiger partial charge is 0.249 e. The van der Waals surface area contributed by atoms with E-state index in [1.165, 1.54) is 14.2 Å². The number of nitrogens with zero attached hydrogens (tertiary/aromatic N) is 2. The first-order chi connectivity index (χ1) is 14.1. The van der Waals surface area contributed by atoms with Crippen LogP contribution in [0.4, 0.5) is 11.5 Å². The van der Waals surface area contributed by atoms with Gasteiger partial charge in [0, 0.05) is 29.4 Å². The molecule has 1 aliphatic rings. The molecule has 1 aliphatic heterocycles. The van der Waals surface area contributed by atoms with E-state index in [-0.39, 0.29) is 18.2 Å². The third-order valence-electron chi connectivity index (χ3n) is 4.73. The number of rotatable bonds is 5. The van der Waals surface area contributed by atoms with Gasteiger partial charge in [0.2, 0.25) is 11.8 Å². The van der Waals surface area contributed by atoms with Crippen LogP contribution in [-0.4, -0.2) is 35.8 Å². The Hall–Kier alpha value is -3.81. The van der Waals surface area contributed by atoms with E-state index < -0.39 is 6.04 Å². The van der Waals surface area contributed by atoms with Crippen molar-refractivity contribution in [1.82, 2.24) is 9.78 Å². The summed E-state index contributed by atoms with van der Waals surface area (Å²) in [5, 5.41) is 10.0. The number of fused-ring (bicyclic) bond motifs is 1. The normalized spacial score (nSPS) is 15.2. The van der Waals surface area contributed by atoms with E-state index in [9.17, 15) is 9.59 Å². The Bertz CT molecular complexity index is 1040. The van der Waals surface area contributed by atoms with Gasteiger partial charge >= 0.3 is 0 Å². The maximum absolute atomic E-state index is 13.0.